The first-order valence-corrected chi connectivity index (χ1v) is 9.04. The summed E-state index contributed by atoms with van der Waals surface area (Å²) in [6.07, 6.45) is 1.07. The highest BCUT2D eigenvalue weighted by molar-refractivity contribution is 6.39. The Bertz CT molecular complexity index is 718. The number of benzene rings is 1. The van der Waals surface area contributed by atoms with E-state index in [0.717, 1.165) is 12.8 Å². The number of halogens is 2. The van der Waals surface area contributed by atoms with E-state index in [-0.39, 0.29) is 33.9 Å². The fraction of sp³-hybridized carbons (Fsp3) is 0.471. The average Bonchev–Trinajstić information content (AvgIpc) is 3.10. The van der Waals surface area contributed by atoms with Crippen LogP contribution in [-0.2, 0) is 14.3 Å². The van der Waals surface area contributed by atoms with E-state index < -0.39 is 18.0 Å². The number of likely N-dealkylation sites (tertiary alicyclic amines) is 1. The Kier molecular flexibility index (Phi) is 7.11. The largest absolute Gasteiger partial charge is 0.477 e. The van der Waals surface area contributed by atoms with E-state index in [1.54, 1.807) is 13.8 Å². The van der Waals surface area contributed by atoms with Crippen molar-refractivity contribution in [1.82, 2.24) is 4.90 Å². The predicted molar refractivity (Wildman–Crippen MR) is 100 cm³/mol. The Morgan fingerprint density at radius 3 is 2.50 bits per heavy atom. The number of amidine groups is 1. The maximum Gasteiger partial charge on any atom is 0.347 e. The van der Waals surface area contributed by atoms with Crippen molar-refractivity contribution in [2.45, 2.75) is 32.8 Å². The molecule has 2 rings (SSSR count). The van der Waals surface area contributed by atoms with Crippen molar-refractivity contribution in [2.75, 3.05) is 19.7 Å². The van der Waals surface area contributed by atoms with E-state index in [9.17, 15) is 9.59 Å². The molecule has 1 fully saturated rings. The van der Waals surface area contributed by atoms with Crippen molar-refractivity contribution in [1.29, 1.82) is 0 Å². The summed E-state index contributed by atoms with van der Waals surface area (Å²) in [5, 5.41) is 0.455. The highest BCUT2D eigenvalue weighted by atomic mass is 35.5. The van der Waals surface area contributed by atoms with Gasteiger partial charge in [0.25, 0.3) is 5.91 Å². The number of carbonyl (C=O) groups excluding carboxylic acids is 2. The van der Waals surface area contributed by atoms with E-state index in [1.165, 1.54) is 12.1 Å². The van der Waals surface area contributed by atoms with Crippen molar-refractivity contribution in [2.24, 2.45) is 10.7 Å². The van der Waals surface area contributed by atoms with Gasteiger partial charge in [0, 0.05) is 19.2 Å². The number of carbonyl (C=O) groups is 2. The Hall–Kier alpha value is -1.99. The van der Waals surface area contributed by atoms with Crippen molar-refractivity contribution in [3.63, 3.8) is 0 Å². The monoisotopic (exact) mass is 401 g/mol. The molecule has 0 aliphatic carbocycles. The number of esters is 1. The van der Waals surface area contributed by atoms with E-state index in [0.29, 0.717) is 13.1 Å². The number of hydrogen-bond donors (Lipinski definition) is 1. The summed E-state index contributed by atoms with van der Waals surface area (Å²) in [6, 6.07) is 2.91. The third-order valence-corrected chi connectivity index (χ3v) is 4.37. The minimum absolute atomic E-state index is 0.135. The van der Waals surface area contributed by atoms with Gasteiger partial charge in [0.05, 0.1) is 22.3 Å². The molecule has 0 radical (unpaired) electrons. The Balaban J connectivity index is 2.32. The predicted octanol–water partition coefficient (Wildman–Crippen LogP) is 2.93. The van der Waals surface area contributed by atoms with Gasteiger partial charge in [-0.15, -0.1) is 0 Å². The van der Waals surface area contributed by atoms with Crippen LogP contribution < -0.4 is 10.5 Å². The van der Waals surface area contributed by atoms with Crippen molar-refractivity contribution < 1.29 is 19.1 Å². The molecule has 0 saturated carbocycles. The average molecular weight is 402 g/mol. The lowest BCUT2D eigenvalue weighted by Crippen LogP contribution is -2.38. The van der Waals surface area contributed by atoms with Gasteiger partial charge in [0.2, 0.25) is 0 Å². The first-order valence-electron chi connectivity index (χ1n) is 8.29. The number of aliphatic imine (C=N–C) groups is 1. The lowest BCUT2D eigenvalue weighted by atomic mass is 10.3. The molecule has 1 atom stereocenters. The molecule has 1 aromatic carbocycles. The number of nitrogens with zero attached hydrogens (tertiary/aromatic N) is 2. The molecule has 0 bridgehead atoms. The lowest BCUT2D eigenvalue weighted by Gasteiger charge is -2.18. The summed E-state index contributed by atoms with van der Waals surface area (Å²) >= 11 is 12.3. The molecular weight excluding hydrogens is 381 g/mol. The van der Waals surface area contributed by atoms with E-state index in [4.69, 9.17) is 38.4 Å². The van der Waals surface area contributed by atoms with E-state index in [1.807, 2.05) is 4.90 Å². The van der Waals surface area contributed by atoms with Gasteiger partial charge in [-0.2, -0.15) is 0 Å². The van der Waals surface area contributed by atoms with Crippen molar-refractivity contribution in [3.8, 4) is 5.75 Å². The summed E-state index contributed by atoms with van der Waals surface area (Å²) < 4.78 is 10.5. The van der Waals surface area contributed by atoms with Crippen LogP contribution in [0.1, 0.15) is 26.7 Å². The van der Waals surface area contributed by atoms with Gasteiger partial charge in [-0.05, 0) is 32.8 Å². The van der Waals surface area contributed by atoms with Gasteiger partial charge < -0.3 is 20.1 Å². The summed E-state index contributed by atoms with van der Waals surface area (Å²) in [4.78, 5) is 29.6. The zero-order valence-corrected chi connectivity index (χ0v) is 16.1. The molecule has 1 saturated heterocycles. The molecule has 2 N–H and O–H groups in total. The zero-order valence-electron chi connectivity index (χ0n) is 14.6. The molecule has 1 aliphatic rings. The summed E-state index contributed by atoms with van der Waals surface area (Å²) in [6.45, 7) is 4.90. The molecule has 142 valence electrons. The topological polar surface area (TPSA) is 94.2 Å². The molecule has 26 heavy (non-hydrogen) atoms. The van der Waals surface area contributed by atoms with Crippen molar-refractivity contribution in [3.05, 3.63) is 22.2 Å². The molecular formula is C17H21Cl2N3O4. The van der Waals surface area contributed by atoms with Crippen LogP contribution in [0.4, 0.5) is 5.69 Å². The highest BCUT2D eigenvalue weighted by Gasteiger charge is 2.22. The van der Waals surface area contributed by atoms with Crippen LogP contribution in [0, 0.1) is 0 Å². The Labute approximate surface area is 162 Å². The molecule has 0 spiro atoms. The molecule has 1 aliphatic heterocycles. The number of nitrogens with two attached hydrogens (primary N) is 1. The Morgan fingerprint density at radius 2 is 1.92 bits per heavy atom. The minimum atomic E-state index is -0.861. The van der Waals surface area contributed by atoms with Gasteiger partial charge in [0.1, 0.15) is 5.75 Å². The molecule has 9 heteroatoms. The summed E-state index contributed by atoms with van der Waals surface area (Å²) in [7, 11) is 0. The SMILES string of the molecule is CCOC(=O)C(C)Oc1cc(N=C(C(N)=O)N2CCCC2)c(Cl)cc1Cl. The van der Waals surface area contributed by atoms with Crippen LogP contribution >= 0.6 is 23.2 Å². The molecule has 1 unspecified atom stereocenters. The van der Waals surface area contributed by atoms with Gasteiger partial charge in [-0.1, -0.05) is 23.2 Å². The van der Waals surface area contributed by atoms with E-state index in [2.05, 4.69) is 4.99 Å². The second kappa shape index (κ2) is 9.09. The molecule has 0 aromatic heterocycles. The van der Waals surface area contributed by atoms with Crippen molar-refractivity contribution >= 4 is 46.6 Å². The molecule has 1 heterocycles. The zero-order chi connectivity index (χ0) is 19.3. The number of hydrogen-bond acceptors (Lipinski definition) is 5. The molecule has 1 amide bonds. The number of ether oxygens (including phenoxy) is 2. The number of amides is 1. The fourth-order valence-electron chi connectivity index (χ4n) is 2.52. The summed E-state index contributed by atoms with van der Waals surface area (Å²) in [5.74, 6) is -0.810. The van der Waals surface area contributed by atoms with E-state index >= 15 is 0 Å². The van der Waals surface area contributed by atoms with Crippen LogP contribution in [0.15, 0.2) is 17.1 Å². The second-order valence-electron chi connectivity index (χ2n) is 5.74. The minimum Gasteiger partial charge on any atom is -0.477 e. The first-order chi connectivity index (χ1) is 12.3. The van der Waals surface area contributed by atoms with Gasteiger partial charge >= 0.3 is 5.97 Å². The van der Waals surface area contributed by atoms with Crippen LogP contribution in [0.3, 0.4) is 0 Å². The number of primary amides is 1. The Morgan fingerprint density at radius 1 is 1.27 bits per heavy atom. The van der Waals surface area contributed by atoms with Gasteiger partial charge in [-0.25, -0.2) is 9.79 Å². The van der Waals surface area contributed by atoms with Gasteiger partial charge in [0.15, 0.2) is 11.9 Å². The van der Waals surface area contributed by atoms with Crippen LogP contribution in [0.5, 0.6) is 5.75 Å². The number of rotatable bonds is 5. The van der Waals surface area contributed by atoms with Crippen LogP contribution in [-0.4, -0.2) is 48.4 Å². The normalized spacial score (nSPS) is 15.7. The van der Waals surface area contributed by atoms with Crippen LogP contribution in [0.2, 0.25) is 10.0 Å². The lowest BCUT2D eigenvalue weighted by molar-refractivity contribution is -0.150. The highest BCUT2D eigenvalue weighted by Crippen LogP contribution is 2.36. The maximum atomic E-state index is 11.8. The smallest absolute Gasteiger partial charge is 0.347 e. The summed E-state index contributed by atoms with van der Waals surface area (Å²) in [5.41, 5.74) is 5.74. The standard InChI is InChI=1S/C17H21Cl2N3O4/c1-3-25-17(24)10(2)26-14-9-13(11(18)8-12(14)19)21-16(15(20)23)22-6-4-5-7-22/h8-10H,3-7H2,1-2H3,(H2,20,23). The van der Waals surface area contributed by atoms with Crippen LogP contribution in [0.25, 0.3) is 0 Å². The quantitative estimate of drug-likeness (QED) is 0.464. The maximum absolute atomic E-state index is 11.8. The third kappa shape index (κ3) is 5.02. The second-order valence-corrected chi connectivity index (χ2v) is 6.55. The molecule has 7 nitrogen and oxygen atoms in total. The molecule has 1 aromatic rings. The third-order valence-electron chi connectivity index (χ3n) is 3.78. The van der Waals surface area contributed by atoms with Gasteiger partial charge in [-0.3, -0.25) is 4.79 Å². The first kappa shape index (κ1) is 20.3. The fourth-order valence-corrected chi connectivity index (χ4v) is 2.99.